The second kappa shape index (κ2) is 4.85. The zero-order valence-electron chi connectivity index (χ0n) is 9.35. The number of nitrogens with one attached hydrogen (secondary N) is 1. The van der Waals surface area contributed by atoms with Crippen molar-refractivity contribution in [2.24, 2.45) is 0 Å². The molecule has 1 aromatic carbocycles. The summed E-state index contributed by atoms with van der Waals surface area (Å²) in [6, 6.07) is 6.47. The first-order chi connectivity index (χ1) is 6.59. The second-order valence-electron chi connectivity index (χ2n) is 3.95. The van der Waals surface area contributed by atoms with Crippen LogP contribution in [-0.2, 0) is 0 Å². The molecule has 0 saturated carbocycles. The van der Waals surface area contributed by atoms with E-state index in [1.807, 2.05) is 0 Å². The molecule has 0 unspecified atom stereocenters. The maximum Gasteiger partial charge on any atom is 0.0370 e. The van der Waals surface area contributed by atoms with E-state index in [-0.39, 0.29) is 0 Å². The zero-order chi connectivity index (χ0) is 10.6. The maximum absolute atomic E-state index is 3.88. The van der Waals surface area contributed by atoms with Crippen molar-refractivity contribution in [3.05, 3.63) is 41.5 Å². The van der Waals surface area contributed by atoms with Gasteiger partial charge in [0.05, 0.1) is 0 Å². The quantitative estimate of drug-likeness (QED) is 0.712. The van der Waals surface area contributed by atoms with Gasteiger partial charge in [0.1, 0.15) is 0 Å². The molecule has 0 aliphatic carbocycles. The summed E-state index contributed by atoms with van der Waals surface area (Å²) in [6.45, 7) is 11.2. The Hall–Kier alpha value is -1.24. The van der Waals surface area contributed by atoms with E-state index in [2.05, 4.69) is 50.9 Å². The largest absolute Gasteiger partial charge is 0.385 e. The normalized spacial score (nSPS) is 9.93. The Balaban J connectivity index is 2.55. The van der Waals surface area contributed by atoms with Crippen LogP contribution in [0.3, 0.4) is 0 Å². The number of anilines is 1. The molecule has 0 aliphatic rings. The van der Waals surface area contributed by atoms with Crippen LogP contribution in [0, 0.1) is 13.8 Å². The van der Waals surface area contributed by atoms with E-state index < -0.39 is 0 Å². The van der Waals surface area contributed by atoms with Crippen LogP contribution in [0.1, 0.15) is 24.5 Å². The van der Waals surface area contributed by atoms with E-state index in [0.717, 1.165) is 13.0 Å². The summed E-state index contributed by atoms with van der Waals surface area (Å²) in [5.74, 6) is 0. The molecule has 1 aromatic rings. The fraction of sp³-hybridized carbons (Fsp3) is 0.385. The van der Waals surface area contributed by atoms with Gasteiger partial charge >= 0.3 is 0 Å². The molecule has 0 spiro atoms. The van der Waals surface area contributed by atoms with E-state index in [4.69, 9.17) is 0 Å². The van der Waals surface area contributed by atoms with Crippen molar-refractivity contribution in [2.45, 2.75) is 27.2 Å². The highest BCUT2D eigenvalue weighted by atomic mass is 14.9. The van der Waals surface area contributed by atoms with Crippen LogP contribution in [0.5, 0.6) is 0 Å². The summed E-state index contributed by atoms with van der Waals surface area (Å²) in [5.41, 5.74) is 5.08. The summed E-state index contributed by atoms with van der Waals surface area (Å²) in [5, 5.41) is 3.41. The van der Waals surface area contributed by atoms with Gasteiger partial charge in [-0.05, 0) is 38.8 Å². The van der Waals surface area contributed by atoms with Gasteiger partial charge in [-0.1, -0.05) is 23.3 Å². The molecule has 1 nitrogen and oxygen atoms in total. The molecule has 0 atom stereocenters. The van der Waals surface area contributed by atoms with Gasteiger partial charge in [0.2, 0.25) is 0 Å². The van der Waals surface area contributed by atoms with Crippen LogP contribution in [0.15, 0.2) is 30.4 Å². The Labute approximate surface area is 86.8 Å². The molecule has 0 bridgehead atoms. The van der Waals surface area contributed by atoms with Gasteiger partial charge in [-0.25, -0.2) is 0 Å². The van der Waals surface area contributed by atoms with Crippen molar-refractivity contribution in [1.82, 2.24) is 0 Å². The molecule has 0 heterocycles. The standard InChI is InChI=1S/C13H19N/c1-10(2)7-8-14-13-6-5-11(3)9-12(13)4/h5-6,9,14H,1,7-8H2,2-4H3. The van der Waals surface area contributed by atoms with Gasteiger partial charge in [0, 0.05) is 12.2 Å². The van der Waals surface area contributed by atoms with Crippen LogP contribution < -0.4 is 5.32 Å². The van der Waals surface area contributed by atoms with Gasteiger partial charge in [0.15, 0.2) is 0 Å². The molecule has 0 amide bonds. The Morgan fingerprint density at radius 2 is 2.07 bits per heavy atom. The van der Waals surface area contributed by atoms with E-state index >= 15 is 0 Å². The number of hydrogen-bond acceptors (Lipinski definition) is 1. The minimum atomic E-state index is 0.971. The smallest absolute Gasteiger partial charge is 0.0370 e. The van der Waals surface area contributed by atoms with Crippen molar-refractivity contribution in [1.29, 1.82) is 0 Å². The van der Waals surface area contributed by atoms with Crippen LogP contribution in [0.25, 0.3) is 0 Å². The van der Waals surface area contributed by atoms with Crippen LogP contribution in [-0.4, -0.2) is 6.54 Å². The Morgan fingerprint density at radius 1 is 1.36 bits per heavy atom. The highest BCUT2D eigenvalue weighted by molar-refractivity contribution is 5.51. The van der Waals surface area contributed by atoms with Crippen molar-refractivity contribution < 1.29 is 0 Å². The predicted molar refractivity (Wildman–Crippen MR) is 63.8 cm³/mol. The first kappa shape index (κ1) is 10.8. The fourth-order valence-corrected chi connectivity index (χ4v) is 1.42. The maximum atomic E-state index is 3.88. The minimum absolute atomic E-state index is 0.971. The van der Waals surface area contributed by atoms with Crippen LogP contribution >= 0.6 is 0 Å². The van der Waals surface area contributed by atoms with E-state index in [0.29, 0.717) is 0 Å². The summed E-state index contributed by atoms with van der Waals surface area (Å²) in [4.78, 5) is 0. The topological polar surface area (TPSA) is 12.0 Å². The SMILES string of the molecule is C=C(C)CCNc1ccc(C)cc1C. The van der Waals surface area contributed by atoms with Gasteiger partial charge < -0.3 is 5.32 Å². The lowest BCUT2D eigenvalue weighted by molar-refractivity contribution is 0.999. The molecule has 1 N–H and O–H groups in total. The predicted octanol–water partition coefficient (Wildman–Crippen LogP) is 3.68. The summed E-state index contributed by atoms with van der Waals surface area (Å²) in [7, 11) is 0. The molecule has 0 aromatic heterocycles. The Morgan fingerprint density at radius 3 is 2.64 bits per heavy atom. The number of aryl methyl sites for hydroxylation is 2. The summed E-state index contributed by atoms with van der Waals surface area (Å²) >= 11 is 0. The van der Waals surface area contributed by atoms with Crippen LogP contribution in [0.4, 0.5) is 5.69 Å². The Bertz CT molecular complexity index is 326. The lowest BCUT2D eigenvalue weighted by atomic mass is 10.1. The zero-order valence-corrected chi connectivity index (χ0v) is 9.35. The highest BCUT2D eigenvalue weighted by Crippen LogP contribution is 2.15. The molecule has 0 radical (unpaired) electrons. The fourth-order valence-electron chi connectivity index (χ4n) is 1.42. The molecule has 1 heteroatoms. The monoisotopic (exact) mass is 189 g/mol. The van der Waals surface area contributed by atoms with Crippen LogP contribution in [0.2, 0.25) is 0 Å². The van der Waals surface area contributed by atoms with Crippen molar-refractivity contribution in [2.75, 3.05) is 11.9 Å². The Kier molecular flexibility index (Phi) is 3.75. The van der Waals surface area contributed by atoms with E-state index in [1.54, 1.807) is 0 Å². The molecule has 14 heavy (non-hydrogen) atoms. The average Bonchev–Trinajstić information content (AvgIpc) is 2.08. The van der Waals surface area contributed by atoms with Gasteiger partial charge in [0.25, 0.3) is 0 Å². The second-order valence-corrected chi connectivity index (χ2v) is 3.95. The first-order valence-electron chi connectivity index (χ1n) is 5.05. The number of benzene rings is 1. The van der Waals surface area contributed by atoms with Gasteiger partial charge in [-0.15, -0.1) is 6.58 Å². The molecule has 0 saturated heterocycles. The molecule has 1 rings (SSSR count). The lowest BCUT2D eigenvalue weighted by Gasteiger charge is -2.09. The molecule has 0 aliphatic heterocycles. The minimum Gasteiger partial charge on any atom is -0.385 e. The van der Waals surface area contributed by atoms with Crippen molar-refractivity contribution >= 4 is 5.69 Å². The van der Waals surface area contributed by atoms with Crippen molar-refractivity contribution in [3.8, 4) is 0 Å². The lowest BCUT2D eigenvalue weighted by Crippen LogP contribution is -2.03. The van der Waals surface area contributed by atoms with Gasteiger partial charge in [-0.3, -0.25) is 0 Å². The summed E-state index contributed by atoms with van der Waals surface area (Å²) < 4.78 is 0. The first-order valence-corrected chi connectivity index (χ1v) is 5.05. The highest BCUT2D eigenvalue weighted by Gasteiger charge is 1.96. The molecular formula is C13H19N. The average molecular weight is 189 g/mol. The van der Waals surface area contributed by atoms with Gasteiger partial charge in [-0.2, -0.15) is 0 Å². The third kappa shape index (κ3) is 3.25. The van der Waals surface area contributed by atoms with E-state index in [1.165, 1.54) is 22.4 Å². The third-order valence-corrected chi connectivity index (χ3v) is 2.25. The number of rotatable bonds is 4. The number of hydrogen-bond donors (Lipinski definition) is 1. The molecular weight excluding hydrogens is 170 g/mol. The van der Waals surface area contributed by atoms with E-state index in [9.17, 15) is 0 Å². The third-order valence-electron chi connectivity index (χ3n) is 2.25. The van der Waals surface area contributed by atoms with Crippen molar-refractivity contribution in [3.63, 3.8) is 0 Å². The summed E-state index contributed by atoms with van der Waals surface area (Å²) in [6.07, 6.45) is 1.04. The molecule has 0 fully saturated rings. The molecule has 76 valence electrons.